The van der Waals surface area contributed by atoms with Crippen LogP contribution in [0, 0.1) is 23.2 Å². The number of aliphatic hydroxyl groups excluding tert-OH is 2. The Morgan fingerprint density at radius 3 is 2.65 bits per heavy atom. The molecule has 31 heavy (non-hydrogen) atoms. The van der Waals surface area contributed by atoms with E-state index < -0.39 is 17.6 Å². The van der Waals surface area contributed by atoms with Crippen LogP contribution >= 0.6 is 0 Å². The molecule has 0 aromatic carbocycles. The first-order valence-corrected chi connectivity index (χ1v) is 11.8. The molecule has 0 aromatic rings. The van der Waals surface area contributed by atoms with E-state index in [1.165, 1.54) is 0 Å². The molecular formula is C25H38O6. The lowest BCUT2D eigenvalue weighted by atomic mass is 9.66. The molecule has 174 valence electrons. The molecular weight excluding hydrogens is 396 g/mol. The second-order valence-corrected chi connectivity index (χ2v) is 9.93. The number of hydrogen-bond donors (Lipinski definition) is 2. The molecule has 0 unspecified atom stereocenters. The molecule has 1 heterocycles. The third-order valence-electron chi connectivity index (χ3n) is 7.74. The summed E-state index contributed by atoms with van der Waals surface area (Å²) in [4.78, 5) is 24.8. The predicted molar refractivity (Wildman–Crippen MR) is 117 cm³/mol. The molecule has 1 fully saturated rings. The third kappa shape index (κ3) is 5.40. The molecule has 2 N–H and O–H groups in total. The van der Waals surface area contributed by atoms with E-state index in [1.807, 2.05) is 32.9 Å². The van der Waals surface area contributed by atoms with Crippen molar-refractivity contribution in [2.24, 2.45) is 23.2 Å². The van der Waals surface area contributed by atoms with Crippen LogP contribution in [-0.2, 0) is 19.1 Å². The Labute approximate surface area is 185 Å². The van der Waals surface area contributed by atoms with E-state index in [1.54, 1.807) is 0 Å². The minimum Gasteiger partial charge on any atom is -0.462 e. The number of carbonyl (C=O) groups is 2. The molecule has 1 saturated heterocycles. The van der Waals surface area contributed by atoms with Gasteiger partial charge in [-0.1, -0.05) is 39.0 Å². The van der Waals surface area contributed by atoms with E-state index in [9.17, 15) is 19.8 Å². The van der Waals surface area contributed by atoms with Crippen molar-refractivity contribution in [3.63, 3.8) is 0 Å². The number of rotatable bonds is 7. The van der Waals surface area contributed by atoms with Crippen molar-refractivity contribution in [1.29, 1.82) is 0 Å². The summed E-state index contributed by atoms with van der Waals surface area (Å²) < 4.78 is 11.6. The van der Waals surface area contributed by atoms with Gasteiger partial charge in [0.05, 0.1) is 24.0 Å². The maximum Gasteiger partial charge on any atom is 0.312 e. The number of allylic oxidation sites excluding steroid dienone is 2. The fraction of sp³-hybridized carbons (Fsp3) is 0.760. The van der Waals surface area contributed by atoms with Crippen LogP contribution in [0.4, 0.5) is 0 Å². The molecule has 3 aliphatic rings. The molecule has 1 aliphatic heterocycles. The van der Waals surface area contributed by atoms with E-state index in [0.29, 0.717) is 32.1 Å². The fourth-order valence-electron chi connectivity index (χ4n) is 5.32. The first-order chi connectivity index (χ1) is 14.7. The Kier molecular flexibility index (Phi) is 7.63. The van der Waals surface area contributed by atoms with Crippen LogP contribution in [-0.4, -0.2) is 46.6 Å². The topological polar surface area (TPSA) is 93.1 Å². The van der Waals surface area contributed by atoms with Gasteiger partial charge in [0.25, 0.3) is 0 Å². The quantitative estimate of drug-likeness (QED) is 0.594. The summed E-state index contributed by atoms with van der Waals surface area (Å²) in [6.07, 6.45) is 7.96. The lowest BCUT2D eigenvalue weighted by Gasteiger charge is -2.44. The van der Waals surface area contributed by atoms with Crippen LogP contribution in [0.25, 0.3) is 0 Å². The van der Waals surface area contributed by atoms with E-state index in [4.69, 9.17) is 9.47 Å². The van der Waals surface area contributed by atoms with Crippen LogP contribution in [0.2, 0.25) is 0 Å². The van der Waals surface area contributed by atoms with Crippen molar-refractivity contribution < 1.29 is 29.3 Å². The van der Waals surface area contributed by atoms with Gasteiger partial charge in [-0.05, 0) is 50.0 Å². The maximum atomic E-state index is 13.0. The van der Waals surface area contributed by atoms with Gasteiger partial charge in [0, 0.05) is 18.8 Å². The number of ether oxygens (including phenoxy) is 2. The highest BCUT2D eigenvalue weighted by molar-refractivity contribution is 5.76. The Morgan fingerprint density at radius 2 is 2.00 bits per heavy atom. The third-order valence-corrected chi connectivity index (χ3v) is 7.74. The summed E-state index contributed by atoms with van der Waals surface area (Å²) in [5.74, 6) is -0.127. The van der Waals surface area contributed by atoms with Gasteiger partial charge in [0.2, 0.25) is 0 Å². The van der Waals surface area contributed by atoms with Crippen molar-refractivity contribution in [1.82, 2.24) is 0 Å². The summed E-state index contributed by atoms with van der Waals surface area (Å²) in [5.41, 5.74) is 0.500. The SMILES string of the molecule is CCC(C)(CC)C(=O)O[C@H]1C[C@H](O)C=C2C=CC[C@@H]([C@@H](C)C[C@@H]3C[C@@H](O)CC(=O)O3)[C@H]21. The molecule has 6 nitrogen and oxygen atoms in total. The molecule has 7 atom stereocenters. The molecule has 0 spiro atoms. The summed E-state index contributed by atoms with van der Waals surface area (Å²) >= 11 is 0. The summed E-state index contributed by atoms with van der Waals surface area (Å²) in [7, 11) is 0. The number of cyclic esters (lactones) is 1. The smallest absolute Gasteiger partial charge is 0.312 e. The Bertz CT molecular complexity index is 722. The average molecular weight is 435 g/mol. The zero-order chi connectivity index (χ0) is 22.8. The monoisotopic (exact) mass is 434 g/mol. The second-order valence-electron chi connectivity index (χ2n) is 9.93. The predicted octanol–water partition coefficient (Wildman–Crippen LogP) is 3.70. The highest BCUT2D eigenvalue weighted by Crippen LogP contribution is 2.44. The first kappa shape index (κ1) is 24.0. The summed E-state index contributed by atoms with van der Waals surface area (Å²) in [5, 5.41) is 20.4. The van der Waals surface area contributed by atoms with Gasteiger partial charge in [-0.3, -0.25) is 9.59 Å². The first-order valence-electron chi connectivity index (χ1n) is 11.8. The normalized spacial score (nSPS) is 34.4. The van der Waals surface area contributed by atoms with E-state index in [2.05, 4.69) is 13.0 Å². The molecule has 3 rings (SSSR count). The summed E-state index contributed by atoms with van der Waals surface area (Å²) in [6, 6.07) is 0. The van der Waals surface area contributed by atoms with Crippen LogP contribution in [0.3, 0.4) is 0 Å². The van der Waals surface area contributed by atoms with Gasteiger partial charge in [0.15, 0.2) is 0 Å². The number of hydrogen-bond acceptors (Lipinski definition) is 6. The summed E-state index contributed by atoms with van der Waals surface area (Å²) in [6.45, 7) is 8.08. The van der Waals surface area contributed by atoms with Crippen LogP contribution in [0.5, 0.6) is 0 Å². The van der Waals surface area contributed by atoms with Crippen molar-refractivity contribution in [2.75, 3.05) is 0 Å². The van der Waals surface area contributed by atoms with Crippen molar-refractivity contribution in [3.8, 4) is 0 Å². The van der Waals surface area contributed by atoms with Crippen LogP contribution in [0.15, 0.2) is 23.8 Å². The number of esters is 2. The lowest BCUT2D eigenvalue weighted by Crippen LogP contribution is -2.45. The minimum absolute atomic E-state index is 0.00882. The molecule has 0 bridgehead atoms. The van der Waals surface area contributed by atoms with Gasteiger partial charge in [-0.2, -0.15) is 0 Å². The van der Waals surface area contributed by atoms with Gasteiger partial charge in [-0.25, -0.2) is 0 Å². The van der Waals surface area contributed by atoms with Crippen LogP contribution in [0.1, 0.15) is 72.6 Å². The Balaban J connectivity index is 1.78. The number of carbonyl (C=O) groups excluding carboxylic acids is 2. The highest BCUT2D eigenvalue weighted by Gasteiger charge is 2.44. The van der Waals surface area contributed by atoms with Gasteiger partial charge in [0.1, 0.15) is 12.2 Å². The van der Waals surface area contributed by atoms with Gasteiger partial charge < -0.3 is 19.7 Å². The zero-order valence-electron chi connectivity index (χ0n) is 19.3. The molecule has 6 heteroatoms. The van der Waals surface area contributed by atoms with Crippen molar-refractivity contribution in [3.05, 3.63) is 23.8 Å². The number of aliphatic hydroxyl groups is 2. The molecule has 0 amide bonds. The molecule has 2 aliphatic carbocycles. The van der Waals surface area contributed by atoms with Crippen molar-refractivity contribution >= 4 is 11.9 Å². The maximum absolute atomic E-state index is 13.0. The number of fused-ring (bicyclic) bond motifs is 1. The van der Waals surface area contributed by atoms with E-state index in [0.717, 1.165) is 12.0 Å². The largest absolute Gasteiger partial charge is 0.462 e. The highest BCUT2D eigenvalue weighted by atomic mass is 16.6. The van der Waals surface area contributed by atoms with Crippen LogP contribution < -0.4 is 0 Å². The van der Waals surface area contributed by atoms with Gasteiger partial charge in [-0.15, -0.1) is 0 Å². The molecule has 0 aromatic heterocycles. The van der Waals surface area contributed by atoms with E-state index in [-0.39, 0.29) is 48.3 Å². The average Bonchev–Trinajstić information content (AvgIpc) is 2.71. The Morgan fingerprint density at radius 1 is 1.29 bits per heavy atom. The lowest BCUT2D eigenvalue weighted by molar-refractivity contribution is -0.168. The standard InChI is InChI=1S/C25H38O6/c1-5-25(4,6-2)24(29)31-21-13-17(26)11-16-8-7-9-20(23(16)21)15(3)10-19-12-18(27)14-22(28)30-19/h7-8,11,15,17-21,23,26-27H,5-6,9-10,12-14H2,1-4H3/t15-,17+,18+,19+,20-,21-,23-/m0/s1. The second kappa shape index (κ2) is 9.86. The van der Waals surface area contributed by atoms with Crippen molar-refractivity contribution in [2.45, 2.75) is 97.1 Å². The zero-order valence-corrected chi connectivity index (χ0v) is 19.3. The Hall–Kier alpha value is -1.66. The van der Waals surface area contributed by atoms with Gasteiger partial charge >= 0.3 is 11.9 Å². The molecule has 0 radical (unpaired) electrons. The fourth-order valence-corrected chi connectivity index (χ4v) is 5.32. The molecule has 0 saturated carbocycles. The minimum atomic E-state index is -0.639. The van der Waals surface area contributed by atoms with E-state index >= 15 is 0 Å².